The van der Waals surface area contributed by atoms with E-state index in [0.29, 0.717) is 6.42 Å². The number of nitrogens with zero attached hydrogens (tertiary/aromatic N) is 1. The summed E-state index contributed by atoms with van der Waals surface area (Å²) in [6.07, 6.45) is 0.551. The van der Waals surface area contributed by atoms with E-state index in [2.05, 4.69) is 4.98 Å². The molecular formula is C11H13N2O2-. The van der Waals surface area contributed by atoms with E-state index in [-0.39, 0.29) is 11.8 Å². The van der Waals surface area contributed by atoms with Gasteiger partial charge in [0.15, 0.2) is 0 Å². The van der Waals surface area contributed by atoms with E-state index in [4.69, 9.17) is 5.21 Å². The zero-order valence-electron chi connectivity index (χ0n) is 8.53. The first-order valence-corrected chi connectivity index (χ1v) is 4.88. The lowest BCUT2D eigenvalue weighted by Crippen LogP contribution is -2.14. The molecule has 0 spiro atoms. The molecule has 1 aromatic heterocycles. The number of para-hydroxylation sites is 1. The number of nitrogens with one attached hydrogen (secondary N) is 1. The van der Waals surface area contributed by atoms with Crippen molar-refractivity contribution >= 4 is 10.9 Å². The number of aromatic nitrogens is 1. The van der Waals surface area contributed by atoms with Crippen molar-refractivity contribution in [3.63, 3.8) is 0 Å². The first-order chi connectivity index (χ1) is 7.18. The maximum absolute atomic E-state index is 10.4. The van der Waals surface area contributed by atoms with Gasteiger partial charge in [-0.1, -0.05) is 18.2 Å². The normalized spacial score (nSPS) is 11.5. The van der Waals surface area contributed by atoms with Crippen molar-refractivity contribution in [2.24, 2.45) is 0 Å². The van der Waals surface area contributed by atoms with Gasteiger partial charge in [0.25, 0.3) is 0 Å². The fraction of sp³-hybridized carbons (Fsp3) is 0.273. The molecule has 15 heavy (non-hydrogen) atoms. The minimum Gasteiger partial charge on any atom is -0.762 e. The molecule has 0 bridgehead atoms. The van der Waals surface area contributed by atoms with Gasteiger partial charge in [0, 0.05) is 23.1 Å². The van der Waals surface area contributed by atoms with Crippen molar-refractivity contribution in [2.45, 2.75) is 13.3 Å². The molecule has 1 heterocycles. The number of fused-ring (bicyclic) bond motifs is 1. The van der Waals surface area contributed by atoms with Crippen molar-refractivity contribution in [3.8, 4) is 0 Å². The van der Waals surface area contributed by atoms with Crippen LogP contribution in [-0.2, 0) is 6.42 Å². The molecule has 2 aromatic rings. The Balaban J connectivity index is 2.36. The van der Waals surface area contributed by atoms with Gasteiger partial charge in [-0.05, 0) is 25.0 Å². The van der Waals surface area contributed by atoms with Crippen LogP contribution in [0.15, 0.2) is 24.3 Å². The van der Waals surface area contributed by atoms with Crippen molar-refractivity contribution in [2.75, 3.05) is 6.54 Å². The van der Waals surface area contributed by atoms with E-state index in [1.807, 2.05) is 31.2 Å². The lowest BCUT2D eigenvalue weighted by Gasteiger charge is -2.18. The van der Waals surface area contributed by atoms with Gasteiger partial charge >= 0.3 is 0 Å². The first kappa shape index (κ1) is 10.2. The van der Waals surface area contributed by atoms with Crippen LogP contribution in [0.3, 0.4) is 0 Å². The van der Waals surface area contributed by atoms with Gasteiger partial charge in [0.05, 0.1) is 0 Å². The summed E-state index contributed by atoms with van der Waals surface area (Å²) in [5, 5.41) is 20.1. The van der Waals surface area contributed by atoms with Crippen LogP contribution in [0.1, 0.15) is 11.3 Å². The summed E-state index contributed by atoms with van der Waals surface area (Å²) in [6, 6.07) is 7.95. The maximum atomic E-state index is 10.4. The molecule has 4 heteroatoms. The molecule has 4 nitrogen and oxygen atoms in total. The van der Waals surface area contributed by atoms with E-state index in [1.165, 1.54) is 0 Å². The molecule has 0 aliphatic rings. The summed E-state index contributed by atoms with van der Waals surface area (Å²) in [4.78, 5) is 3.25. The molecule has 0 atom stereocenters. The molecule has 0 aliphatic carbocycles. The van der Waals surface area contributed by atoms with Crippen LogP contribution < -0.4 is 0 Å². The van der Waals surface area contributed by atoms with Crippen LogP contribution in [0.4, 0.5) is 0 Å². The van der Waals surface area contributed by atoms with Crippen LogP contribution >= 0.6 is 0 Å². The Bertz CT molecular complexity index is 463. The van der Waals surface area contributed by atoms with Gasteiger partial charge in [-0.2, -0.15) is 0 Å². The Hall–Kier alpha value is -1.36. The fourth-order valence-electron chi connectivity index (χ4n) is 1.86. The molecule has 0 radical (unpaired) electrons. The molecule has 0 saturated carbocycles. The third kappa shape index (κ3) is 2.02. The van der Waals surface area contributed by atoms with Crippen LogP contribution in [0.5, 0.6) is 0 Å². The third-order valence-corrected chi connectivity index (χ3v) is 2.58. The molecule has 2 rings (SSSR count). The number of rotatable bonds is 3. The van der Waals surface area contributed by atoms with Crippen molar-refractivity contribution in [1.29, 1.82) is 0 Å². The molecule has 1 aromatic carbocycles. The minimum absolute atomic E-state index is 0.0266. The van der Waals surface area contributed by atoms with Crippen LogP contribution in [0, 0.1) is 12.1 Å². The quantitative estimate of drug-likeness (QED) is 0.755. The summed E-state index contributed by atoms with van der Waals surface area (Å²) >= 11 is 0. The monoisotopic (exact) mass is 205 g/mol. The molecule has 0 unspecified atom stereocenters. The molecule has 0 amide bonds. The third-order valence-electron chi connectivity index (χ3n) is 2.58. The molecule has 80 valence electrons. The lowest BCUT2D eigenvalue weighted by molar-refractivity contribution is -0.0391. The van der Waals surface area contributed by atoms with Gasteiger partial charge in [-0.25, -0.2) is 0 Å². The summed E-state index contributed by atoms with van der Waals surface area (Å²) < 4.78 is 0. The standard InChI is InChI=1S/C11H13N2O2/c1-8-9(6-7-13(14)15)10-4-2-3-5-11(10)12-8/h2-5,12,14H,6-7H2,1H3/q-1. The largest absolute Gasteiger partial charge is 0.762 e. The average molecular weight is 205 g/mol. The number of hydrogen-bond acceptors (Lipinski definition) is 3. The average Bonchev–Trinajstić information content (AvgIpc) is 2.50. The second kappa shape index (κ2) is 4.02. The highest BCUT2D eigenvalue weighted by molar-refractivity contribution is 5.84. The minimum atomic E-state index is -0.0266. The fourth-order valence-corrected chi connectivity index (χ4v) is 1.86. The van der Waals surface area contributed by atoms with Crippen LogP contribution in [0.2, 0.25) is 0 Å². The first-order valence-electron chi connectivity index (χ1n) is 4.88. The van der Waals surface area contributed by atoms with Gasteiger partial charge < -0.3 is 15.4 Å². The summed E-state index contributed by atoms with van der Waals surface area (Å²) in [5.74, 6) is 0. The SMILES string of the molecule is Cc1[nH]c2ccccc2c1CCN([O-])O. The number of hydrogen-bond donors (Lipinski definition) is 2. The topological polar surface area (TPSA) is 62.3 Å². The number of H-pyrrole nitrogens is 1. The Morgan fingerprint density at radius 3 is 2.87 bits per heavy atom. The van der Waals surface area contributed by atoms with Crippen molar-refractivity contribution < 1.29 is 5.21 Å². The Labute approximate surface area is 87.7 Å². The number of aryl methyl sites for hydroxylation is 1. The number of benzene rings is 1. The summed E-state index contributed by atoms with van der Waals surface area (Å²) in [5.41, 5.74) is 3.22. The van der Waals surface area contributed by atoms with Gasteiger partial charge in [-0.3, -0.25) is 5.23 Å². The highest BCUT2D eigenvalue weighted by Crippen LogP contribution is 2.22. The second-order valence-electron chi connectivity index (χ2n) is 3.60. The van der Waals surface area contributed by atoms with Crippen LogP contribution in [-0.4, -0.2) is 22.0 Å². The Kier molecular flexibility index (Phi) is 2.73. The van der Waals surface area contributed by atoms with E-state index in [0.717, 1.165) is 22.2 Å². The summed E-state index contributed by atoms with van der Waals surface area (Å²) in [7, 11) is 0. The van der Waals surface area contributed by atoms with Crippen LogP contribution in [0.25, 0.3) is 10.9 Å². The zero-order chi connectivity index (χ0) is 10.8. The smallest absolute Gasteiger partial charge is 0.0458 e. The second-order valence-corrected chi connectivity index (χ2v) is 3.60. The molecule has 0 fully saturated rings. The van der Waals surface area contributed by atoms with E-state index >= 15 is 0 Å². The predicted octanol–water partition coefficient (Wildman–Crippen LogP) is 2.21. The molecule has 2 N–H and O–H groups in total. The van der Waals surface area contributed by atoms with E-state index in [1.54, 1.807) is 0 Å². The number of aromatic amines is 1. The predicted molar refractivity (Wildman–Crippen MR) is 58.6 cm³/mol. The summed E-state index contributed by atoms with van der Waals surface area (Å²) in [6.45, 7) is 2.07. The van der Waals surface area contributed by atoms with E-state index < -0.39 is 0 Å². The number of hydroxylamine groups is 2. The Morgan fingerprint density at radius 1 is 1.40 bits per heavy atom. The van der Waals surface area contributed by atoms with Gasteiger partial charge in [0.1, 0.15) is 0 Å². The highest BCUT2D eigenvalue weighted by atomic mass is 16.8. The van der Waals surface area contributed by atoms with Crippen molar-refractivity contribution in [3.05, 3.63) is 40.7 Å². The maximum Gasteiger partial charge on any atom is 0.0458 e. The van der Waals surface area contributed by atoms with Gasteiger partial charge in [0.2, 0.25) is 0 Å². The molecule has 0 aliphatic heterocycles. The van der Waals surface area contributed by atoms with Gasteiger partial charge in [-0.15, -0.1) is 0 Å². The van der Waals surface area contributed by atoms with Crippen molar-refractivity contribution in [1.82, 2.24) is 10.2 Å². The van der Waals surface area contributed by atoms with E-state index in [9.17, 15) is 5.21 Å². The highest BCUT2D eigenvalue weighted by Gasteiger charge is 2.06. The zero-order valence-corrected chi connectivity index (χ0v) is 8.53. The molecule has 0 saturated heterocycles. The Morgan fingerprint density at radius 2 is 2.13 bits per heavy atom. The molecular weight excluding hydrogens is 192 g/mol. The lowest BCUT2D eigenvalue weighted by atomic mass is 10.1.